The van der Waals surface area contributed by atoms with Crippen LogP contribution < -0.4 is 11.1 Å². The largest absolute Gasteiger partial charge is 0.399 e. The summed E-state index contributed by atoms with van der Waals surface area (Å²) >= 11 is 6.05. The molecule has 0 saturated heterocycles. The number of benzene rings is 1. The Balaban J connectivity index is 1.74. The number of nitrogens with one attached hydrogen (secondary N) is 1. The molecular formula is C17H19ClN6O. The summed E-state index contributed by atoms with van der Waals surface area (Å²) in [6.07, 6.45) is 4.99. The van der Waals surface area contributed by atoms with Gasteiger partial charge in [0, 0.05) is 11.9 Å². The van der Waals surface area contributed by atoms with Crippen LogP contribution in [0, 0.1) is 0 Å². The van der Waals surface area contributed by atoms with E-state index in [0.29, 0.717) is 23.2 Å². The standard InChI is InChI=1S/C17H19ClN6O/c1-17(2,25)15-14(18)8-20-16(23-15)22-13-7-21-24(10-13)9-11-3-5-12(19)6-4-11/h3-8,10,25H,9,19H2,1-2H3,(H,20,22,23). The van der Waals surface area contributed by atoms with Gasteiger partial charge in [-0.3, -0.25) is 4.68 Å². The average Bonchev–Trinajstić information content (AvgIpc) is 2.97. The van der Waals surface area contributed by atoms with Crippen molar-refractivity contribution in [1.82, 2.24) is 19.7 Å². The topological polar surface area (TPSA) is 102 Å². The number of rotatable bonds is 5. The van der Waals surface area contributed by atoms with Crippen LogP contribution in [0.1, 0.15) is 25.1 Å². The van der Waals surface area contributed by atoms with E-state index in [4.69, 9.17) is 17.3 Å². The van der Waals surface area contributed by atoms with Gasteiger partial charge >= 0.3 is 0 Å². The maximum absolute atomic E-state index is 10.1. The van der Waals surface area contributed by atoms with Crippen LogP contribution in [0.15, 0.2) is 42.9 Å². The van der Waals surface area contributed by atoms with E-state index in [1.54, 1.807) is 24.7 Å². The van der Waals surface area contributed by atoms with Gasteiger partial charge in [-0.2, -0.15) is 5.10 Å². The third kappa shape index (κ3) is 4.26. The number of nitrogens with two attached hydrogens (primary N) is 1. The molecule has 0 amide bonds. The van der Waals surface area contributed by atoms with Crippen LogP contribution in [0.25, 0.3) is 0 Å². The molecule has 25 heavy (non-hydrogen) atoms. The Morgan fingerprint density at radius 3 is 2.64 bits per heavy atom. The number of aromatic nitrogens is 4. The van der Waals surface area contributed by atoms with Crippen molar-refractivity contribution in [3.63, 3.8) is 0 Å². The van der Waals surface area contributed by atoms with E-state index in [1.807, 2.05) is 30.5 Å². The Labute approximate surface area is 150 Å². The SMILES string of the molecule is CC(C)(O)c1nc(Nc2cnn(Cc3ccc(N)cc3)c2)ncc1Cl. The van der Waals surface area contributed by atoms with Crippen LogP contribution in [0.4, 0.5) is 17.3 Å². The van der Waals surface area contributed by atoms with Crippen molar-refractivity contribution in [2.45, 2.75) is 26.0 Å². The highest BCUT2D eigenvalue weighted by atomic mass is 35.5. The normalized spacial score (nSPS) is 11.5. The molecule has 0 atom stereocenters. The summed E-state index contributed by atoms with van der Waals surface area (Å²) in [6, 6.07) is 7.64. The van der Waals surface area contributed by atoms with Crippen molar-refractivity contribution < 1.29 is 5.11 Å². The number of nitrogens with zero attached hydrogens (tertiary/aromatic N) is 4. The van der Waals surface area contributed by atoms with E-state index in [1.165, 1.54) is 6.20 Å². The Morgan fingerprint density at radius 1 is 1.24 bits per heavy atom. The first-order chi connectivity index (χ1) is 11.8. The molecule has 0 aliphatic rings. The quantitative estimate of drug-likeness (QED) is 0.606. The molecule has 4 N–H and O–H groups in total. The van der Waals surface area contributed by atoms with Crippen LogP contribution in [0.5, 0.6) is 0 Å². The minimum atomic E-state index is -1.16. The van der Waals surface area contributed by atoms with Crippen molar-refractivity contribution >= 4 is 28.9 Å². The van der Waals surface area contributed by atoms with Crippen LogP contribution in [-0.4, -0.2) is 24.9 Å². The van der Waals surface area contributed by atoms with E-state index >= 15 is 0 Å². The summed E-state index contributed by atoms with van der Waals surface area (Å²) in [6.45, 7) is 3.86. The molecule has 0 aliphatic heterocycles. The Bertz CT molecular complexity index is 870. The average molecular weight is 359 g/mol. The fourth-order valence-corrected chi connectivity index (χ4v) is 2.63. The van der Waals surface area contributed by atoms with Crippen LogP contribution in [0.3, 0.4) is 0 Å². The minimum absolute atomic E-state index is 0.317. The molecule has 0 spiro atoms. The van der Waals surface area contributed by atoms with E-state index < -0.39 is 5.60 Å². The number of halogens is 1. The molecule has 0 aliphatic carbocycles. The van der Waals surface area contributed by atoms with E-state index in [2.05, 4.69) is 20.4 Å². The molecular weight excluding hydrogens is 340 g/mol. The van der Waals surface area contributed by atoms with Gasteiger partial charge < -0.3 is 16.2 Å². The third-order valence-electron chi connectivity index (χ3n) is 3.54. The second-order valence-electron chi connectivity index (χ2n) is 6.24. The molecule has 0 radical (unpaired) electrons. The predicted octanol–water partition coefficient (Wildman–Crippen LogP) is 2.93. The lowest BCUT2D eigenvalue weighted by Crippen LogP contribution is -2.19. The second-order valence-corrected chi connectivity index (χ2v) is 6.65. The molecule has 0 fully saturated rings. The lowest BCUT2D eigenvalue weighted by atomic mass is 10.1. The van der Waals surface area contributed by atoms with E-state index in [9.17, 15) is 5.11 Å². The number of hydrogen-bond donors (Lipinski definition) is 3. The van der Waals surface area contributed by atoms with Gasteiger partial charge in [-0.1, -0.05) is 23.7 Å². The highest BCUT2D eigenvalue weighted by molar-refractivity contribution is 6.31. The molecule has 0 saturated carbocycles. The van der Waals surface area contributed by atoms with Crippen molar-refractivity contribution in [3.05, 3.63) is 59.1 Å². The summed E-state index contributed by atoms with van der Waals surface area (Å²) in [5.41, 5.74) is 7.45. The minimum Gasteiger partial charge on any atom is -0.399 e. The van der Waals surface area contributed by atoms with Crippen LogP contribution in [-0.2, 0) is 12.1 Å². The molecule has 2 heterocycles. The molecule has 1 aromatic carbocycles. The zero-order valence-electron chi connectivity index (χ0n) is 13.9. The highest BCUT2D eigenvalue weighted by Crippen LogP contribution is 2.26. The molecule has 3 aromatic rings. The Morgan fingerprint density at radius 2 is 1.96 bits per heavy atom. The van der Waals surface area contributed by atoms with E-state index in [0.717, 1.165) is 16.9 Å². The van der Waals surface area contributed by atoms with Gasteiger partial charge in [0.15, 0.2) is 0 Å². The summed E-state index contributed by atoms with van der Waals surface area (Å²) < 4.78 is 1.79. The summed E-state index contributed by atoms with van der Waals surface area (Å²) in [5.74, 6) is 0.341. The smallest absolute Gasteiger partial charge is 0.227 e. The zero-order chi connectivity index (χ0) is 18.0. The van der Waals surface area contributed by atoms with Crippen molar-refractivity contribution in [1.29, 1.82) is 0 Å². The lowest BCUT2D eigenvalue weighted by Gasteiger charge is -2.18. The van der Waals surface area contributed by atoms with Crippen LogP contribution in [0.2, 0.25) is 5.02 Å². The number of anilines is 3. The van der Waals surface area contributed by atoms with Crippen molar-refractivity contribution in [2.75, 3.05) is 11.1 Å². The second kappa shape index (κ2) is 6.70. The van der Waals surface area contributed by atoms with Gasteiger partial charge in [-0.25, -0.2) is 9.97 Å². The van der Waals surface area contributed by atoms with Gasteiger partial charge in [-0.15, -0.1) is 0 Å². The lowest BCUT2D eigenvalue weighted by molar-refractivity contribution is 0.0740. The first-order valence-electron chi connectivity index (χ1n) is 7.70. The maximum atomic E-state index is 10.1. The third-order valence-corrected chi connectivity index (χ3v) is 3.81. The van der Waals surface area contributed by atoms with Gasteiger partial charge in [0.1, 0.15) is 5.60 Å². The van der Waals surface area contributed by atoms with Gasteiger partial charge in [0.05, 0.1) is 35.3 Å². The summed E-state index contributed by atoms with van der Waals surface area (Å²) in [4.78, 5) is 8.42. The first-order valence-corrected chi connectivity index (χ1v) is 8.08. The number of aliphatic hydroxyl groups is 1. The Hall–Kier alpha value is -2.64. The molecule has 2 aromatic heterocycles. The van der Waals surface area contributed by atoms with Gasteiger partial charge in [0.2, 0.25) is 5.95 Å². The molecule has 0 unspecified atom stereocenters. The van der Waals surface area contributed by atoms with E-state index in [-0.39, 0.29) is 0 Å². The van der Waals surface area contributed by atoms with Crippen molar-refractivity contribution in [2.24, 2.45) is 0 Å². The highest BCUT2D eigenvalue weighted by Gasteiger charge is 2.22. The fraction of sp³-hybridized carbons (Fsp3) is 0.235. The molecule has 3 rings (SSSR count). The monoisotopic (exact) mass is 358 g/mol. The summed E-state index contributed by atoms with van der Waals surface area (Å²) in [7, 11) is 0. The number of nitrogen functional groups attached to an aromatic ring is 1. The molecule has 7 nitrogen and oxygen atoms in total. The van der Waals surface area contributed by atoms with Crippen LogP contribution >= 0.6 is 11.6 Å². The number of hydrogen-bond acceptors (Lipinski definition) is 6. The summed E-state index contributed by atoms with van der Waals surface area (Å²) in [5, 5.41) is 17.8. The molecule has 0 bridgehead atoms. The first kappa shape index (κ1) is 17.2. The predicted molar refractivity (Wildman–Crippen MR) is 97.8 cm³/mol. The molecule has 130 valence electrons. The molecule has 8 heteroatoms. The zero-order valence-corrected chi connectivity index (χ0v) is 14.7. The fourth-order valence-electron chi connectivity index (χ4n) is 2.31. The van der Waals surface area contributed by atoms with Gasteiger partial charge in [-0.05, 0) is 31.5 Å². The maximum Gasteiger partial charge on any atom is 0.227 e. The Kier molecular flexibility index (Phi) is 4.61. The van der Waals surface area contributed by atoms with Gasteiger partial charge in [0.25, 0.3) is 0 Å². The van der Waals surface area contributed by atoms with Crippen molar-refractivity contribution in [3.8, 4) is 0 Å².